The van der Waals surface area contributed by atoms with Crippen molar-refractivity contribution in [1.29, 1.82) is 0 Å². The molecule has 0 fully saturated rings. The first kappa shape index (κ1) is 14.9. The van der Waals surface area contributed by atoms with E-state index in [1.165, 1.54) is 6.07 Å². The average molecular weight is 291 g/mol. The van der Waals surface area contributed by atoms with Crippen LogP contribution < -0.4 is 9.47 Å². The van der Waals surface area contributed by atoms with E-state index in [9.17, 15) is 4.79 Å². The number of hydrogen-bond donors (Lipinski definition) is 1. The fourth-order valence-corrected chi connectivity index (χ4v) is 2.23. The number of hydrogen-bond acceptors (Lipinski definition) is 5. The number of carboxylic acid groups (broad SMARTS) is 1. The maximum atomic E-state index is 10.9. The molecule has 0 aliphatic rings. The minimum atomic E-state index is -1.16. The second-order valence-corrected chi connectivity index (χ2v) is 4.80. The van der Waals surface area contributed by atoms with Gasteiger partial charge in [-0.3, -0.25) is 0 Å². The number of benzene rings is 1. The third-order valence-corrected chi connectivity index (χ3v) is 3.15. The topological polar surface area (TPSA) is 81.8 Å². The summed E-state index contributed by atoms with van der Waals surface area (Å²) in [5, 5.41) is 12.7. The smallest absolute Gasteiger partial charge is 0.374 e. The molecule has 0 amide bonds. The molecular weight excluding hydrogens is 274 g/mol. The summed E-state index contributed by atoms with van der Waals surface area (Å²) in [6, 6.07) is 4.95. The van der Waals surface area contributed by atoms with Gasteiger partial charge in [-0.05, 0) is 18.1 Å². The lowest BCUT2D eigenvalue weighted by atomic mass is 9.96. The minimum Gasteiger partial charge on any atom is -0.496 e. The van der Waals surface area contributed by atoms with Crippen LogP contribution in [-0.4, -0.2) is 30.5 Å². The Morgan fingerprint density at radius 3 is 2.48 bits per heavy atom. The maximum Gasteiger partial charge on any atom is 0.374 e. The quantitative estimate of drug-likeness (QED) is 0.911. The molecule has 1 heterocycles. The molecular formula is C15H17NO5. The van der Waals surface area contributed by atoms with Gasteiger partial charge in [0.05, 0.1) is 14.2 Å². The van der Waals surface area contributed by atoms with Crippen LogP contribution in [0.2, 0.25) is 0 Å². The molecule has 6 nitrogen and oxygen atoms in total. The van der Waals surface area contributed by atoms with E-state index in [-0.39, 0.29) is 11.7 Å². The predicted molar refractivity (Wildman–Crippen MR) is 76.1 cm³/mol. The van der Waals surface area contributed by atoms with E-state index in [4.69, 9.17) is 19.1 Å². The van der Waals surface area contributed by atoms with Gasteiger partial charge in [-0.2, -0.15) is 0 Å². The van der Waals surface area contributed by atoms with Crippen LogP contribution in [-0.2, 0) is 0 Å². The Bertz CT molecular complexity index is 660. The monoisotopic (exact) mass is 291 g/mol. The SMILES string of the molecule is COc1ccc(-c2cc(C(=O)O)on2)c(OC)c1C(C)C. The molecule has 112 valence electrons. The fourth-order valence-electron chi connectivity index (χ4n) is 2.23. The van der Waals surface area contributed by atoms with E-state index in [0.717, 1.165) is 5.56 Å². The van der Waals surface area contributed by atoms with Crippen LogP contribution in [0.5, 0.6) is 11.5 Å². The lowest BCUT2D eigenvalue weighted by molar-refractivity contribution is 0.0652. The first-order valence-corrected chi connectivity index (χ1v) is 6.44. The Morgan fingerprint density at radius 2 is 2.00 bits per heavy atom. The first-order chi connectivity index (χ1) is 9.99. The highest BCUT2D eigenvalue weighted by Crippen LogP contribution is 2.41. The van der Waals surface area contributed by atoms with E-state index in [2.05, 4.69) is 5.16 Å². The van der Waals surface area contributed by atoms with Crippen LogP contribution in [0.3, 0.4) is 0 Å². The molecule has 0 radical (unpaired) electrons. The Hall–Kier alpha value is -2.50. The van der Waals surface area contributed by atoms with Crippen LogP contribution in [0, 0.1) is 0 Å². The van der Waals surface area contributed by atoms with E-state index in [1.54, 1.807) is 20.3 Å². The Morgan fingerprint density at radius 1 is 1.29 bits per heavy atom. The van der Waals surface area contributed by atoms with Gasteiger partial charge in [0, 0.05) is 17.2 Å². The Balaban J connectivity index is 2.62. The van der Waals surface area contributed by atoms with Crippen molar-refractivity contribution in [2.45, 2.75) is 19.8 Å². The van der Waals surface area contributed by atoms with Gasteiger partial charge < -0.3 is 19.1 Å². The van der Waals surface area contributed by atoms with Crippen LogP contribution in [0.25, 0.3) is 11.3 Å². The lowest BCUT2D eigenvalue weighted by Gasteiger charge is -2.18. The van der Waals surface area contributed by atoms with Gasteiger partial charge in [-0.15, -0.1) is 0 Å². The third kappa shape index (κ3) is 2.69. The number of nitrogens with zero attached hydrogens (tertiary/aromatic N) is 1. The molecule has 0 spiro atoms. The van der Waals surface area contributed by atoms with Crippen LogP contribution in [0.15, 0.2) is 22.7 Å². The molecule has 1 N–H and O–H groups in total. The van der Waals surface area contributed by atoms with Crippen molar-refractivity contribution >= 4 is 5.97 Å². The van der Waals surface area contributed by atoms with Crippen LogP contribution in [0.4, 0.5) is 0 Å². The number of methoxy groups -OCH3 is 2. The fraction of sp³-hybridized carbons (Fsp3) is 0.333. The first-order valence-electron chi connectivity index (χ1n) is 6.44. The Labute approximate surface area is 122 Å². The molecule has 0 bridgehead atoms. The van der Waals surface area contributed by atoms with Gasteiger partial charge in [0.15, 0.2) is 0 Å². The van der Waals surface area contributed by atoms with Crippen molar-refractivity contribution in [3.05, 3.63) is 29.5 Å². The summed E-state index contributed by atoms with van der Waals surface area (Å²) < 4.78 is 15.7. The van der Waals surface area contributed by atoms with Crippen molar-refractivity contribution in [2.24, 2.45) is 0 Å². The molecule has 0 aliphatic carbocycles. The number of rotatable bonds is 5. The van der Waals surface area contributed by atoms with Crippen molar-refractivity contribution in [3.63, 3.8) is 0 Å². The van der Waals surface area contributed by atoms with E-state index >= 15 is 0 Å². The summed E-state index contributed by atoms with van der Waals surface area (Å²) in [5.41, 5.74) is 1.98. The summed E-state index contributed by atoms with van der Waals surface area (Å²) in [6.45, 7) is 4.05. The molecule has 0 saturated heterocycles. The van der Waals surface area contributed by atoms with Crippen molar-refractivity contribution in [3.8, 4) is 22.8 Å². The molecule has 2 aromatic rings. The van der Waals surface area contributed by atoms with Crippen LogP contribution in [0.1, 0.15) is 35.9 Å². The summed E-state index contributed by atoms with van der Waals surface area (Å²) in [6.07, 6.45) is 0. The van der Waals surface area contributed by atoms with Gasteiger partial charge in [-0.1, -0.05) is 19.0 Å². The van der Waals surface area contributed by atoms with Gasteiger partial charge in [0.1, 0.15) is 17.2 Å². The molecule has 0 unspecified atom stereocenters. The zero-order valence-electron chi connectivity index (χ0n) is 12.3. The molecule has 2 rings (SSSR count). The minimum absolute atomic E-state index is 0.167. The van der Waals surface area contributed by atoms with Crippen molar-refractivity contribution < 1.29 is 23.9 Å². The number of ether oxygens (including phenoxy) is 2. The van der Waals surface area contributed by atoms with Crippen molar-refractivity contribution in [1.82, 2.24) is 5.16 Å². The summed E-state index contributed by atoms with van der Waals surface area (Å²) in [7, 11) is 3.15. The lowest BCUT2D eigenvalue weighted by Crippen LogP contribution is -2.00. The van der Waals surface area contributed by atoms with Gasteiger partial charge in [0.2, 0.25) is 5.76 Å². The average Bonchev–Trinajstić information content (AvgIpc) is 2.95. The number of carbonyl (C=O) groups is 1. The predicted octanol–water partition coefficient (Wildman–Crippen LogP) is 3.18. The maximum absolute atomic E-state index is 10.9. The molecule has 1 aromatic heterocycles. The largest absolute Gasteiger partial charge is 0.496 e. The number of aromatic nitrogens is 1. The number of carboxylic acids is 1. The standard InChI is InChI=1S/C15H17NO5/c1-8(2)13-11(19-3)6-5-9(14(13)20-4)10-7-12(15(17)18)21-16-10/h5-8H,1-4H3,(H,17,18). The second kappa shape index (κ2) is 5.87. The zero-order chi connectivity index (χ0) is 15.6. The van der Waals surface area contributed by atoms with E-state index in [0.29, 0.717) is 22.8 Å². The molecule has 21 heavy (non-hydrogen) atoms. The summed E-state index contributed by atoms with van der Waals surface area (Å²) in [4.78, 5) is 10.9. The van der Waals surface area contributed by atoms with E-state index < -0.39 is 5.97 Å². The number of aromatic carboxylic acids is 1. The second-order valence-electron chi connectivity index (χ2n) is 4.80. The van der Waals surface area contributed by atoms with Gasteiger partial charge >= 0.3 is 5.97 Å². The molecule has 0 saturated carbocycles. The normalized spacial score (nSPS) is 10.7. The Kier molecular flexibility index (Phi) is 4.16. The highest BCUT2D eigenvalue weighted by atomic mass is 16.5. The molecule has 0 atom stereocenters. The summed E-state index contributed by atoms with van der Waals surface area (Å²) in [5.74, 6) is 0.113. The van der Waals surface area contributed by atoms with Gasteiger partial charge in [0.25, 0.3) is 0 Å². The summed E-state index contributed by atoms with van der Waals surface area (Å²) >= 11 is 0. The zero-order valence-corrected chi connectivity index (χ0v) is 12.3. The van der Waals surface area contributed by atoms with E-state index in [1.807, 2.05) is 19.9 Å². The molecule has 0 aliphatic heterocycles. The van der Waals surface area contributed by atoms with Crippen molar-refractivity contribution in [2.75, 3.05) is 14.2 Å². The highest BCUT2D eigenvalue weighted by molar-refractivity contribution is 5.86. The molecule has 6 heteroatoms. The highest BCUT2D eigenvalue weighted by Gasteiger charge is 2.21. The van der Waals surface area contributed by atoms with Gasteiger partial charge in [-0.25, -0.2) is 4.79 Å². The van der Waals surface area contributed by atoms with Crippen LogP contribution >= 0.6 is 0 Å². The molecule has 1 aromatic carbocycles. The third-order valence-electron chi connectivity index (χ3n) is 3.15.